The van der Waals surface area contributed by atoms with Crippen LogP contribution in [0.4, 0.5) is 0 Å². The maximum atomic E-state index is 2.25. The molecule has 1 aliphatic rings. The second kappa shape index (κ2) is 3.76. The van der Waals surface area contributed by atoms with Crippen LogP contribution in [0, 0.1) is 0 Å². The van der Waals surface area contributed by atoms with E-state index < -0.39 is 0 Å². The van der Waals surface area contributed by atoms with Crippen molar-refractivity contribution in [3.8, 4) is 0 Å². The van der Waals surface area contributed by atoms with Crippen molar-refractivity contribution in [1.82, 2.24) is 0 Å². The van der Waals surface area contributed by atoms with Crippen molar-refractivity contribution in [3.05, 3.63) is 76.5 Å². The standard InChI is InChI=1S/C15H14Si/c16-14-10-12-8-4-5-9-13(12)15(14)11-6-2-1-3-7-11/h1-9H,10H2,16H3. The predicted molar refractivity (Wildman–Crippen MR) is 72.5 cm³/mol. The zero-order valence-electron chi connectivity index (χ0n) is 9.40. The fourth-order valence-electron chi connectivity index (χ4n) is 2.53. The highest BCUT2D eigenvalue weighted by Crippen LogP contribution is 2.35. The van der Waals surface area contributed by atoms with Crippen molar-refractivity contribution in [1.29, 1.82) is 0 Å². The summed E-state index contributed by atoms with van der Waals surface area (Å²) in [7, 11) is 1.15. The second-order valence-electron chi connectivity index (χ2n) is 4.36. The molecule has 0 saturated heterocycles. The van der Waals surface area contributed by atoms with Gasteiger partial charge < -0.3 is 0 Å². The summed E-state index contributed by atoms with van der Waals surface area (Å²) in [6, 6.07) is 19.5. The topological polar surface area (TPSA) is 0 Å². The number of hydrogen-bond acceptors (Lipinski definition) is 0. The average Bonchev–Trinajstić information content (AvgIpc) is 2.66. The van der Waals surface area contributed by atoms with Gasteiger partial charge in [-0.25, -0.2) is 0 Å². The van der Waals surface area contributed by atoms with Gasteiger partial charge in [0.05, 0.1) is 0 Å². The van der Waals surface area contributed by atoms with E-state index in [-0.39, 0.29) is 0 Å². The zero-order valence-corrected chi connectivity index (χ0v) is 11.4. The lowest BCUT2D eigenvalue weighted by Crippen LogP contribution is -1.87. The Morgan fingerprint density at radius 1 is 0.812 bits per heavy atom. The summed E-state index contributed by atoms with van der Waals surface area (Å²) in [5.41, 5.74) is 5.80. The molecule has 0 fully saturated rings. The molecule has 0 aromatic heterocycles. The predicted octanol–water partition coefficient (Wildman–Crippen LogP) is 2.37. The van der Waals surface area contributed by atoms with Crippen molar-refractivity contribution < 1.29 is 0 Å². The number of rotatable bonds is 1. The molecule has 0 N–H and O–H groups in total. The van der Waals surface area contributed by atoms with Gasteiger partial charge in [-0.15, -0.1) is 0 Å². The third kappa shape index (κ3) is 1.44. The first-order chi connectivity index (χ1) is 7.86. The maximum absolute atomic E-state index is 2.25. The van der Waals surface area contributed by atoms with Gasteiger partial charge in [0.25, 0.3) is 0 Å². The molecule has 0 aliphatic heterocycles. The molecule has 0 saturated carbocycles. The fourth-order valence-corrected chi connectivity index (χ4v) is 3.47. The Morgan fingerprint density at radius 3 is 2.31 bits per heavy atom. The van der Waals surface area contributed by atoms with Gasteiger partial charge in [0.15, 0.2) is 0 Å². The fraction of sp³-hybridized carbons (Fsp3) is 0.0667. The molecule has 0 unspecified atom stereocenters. The summed E-state index contributed by atoms with van der Waals surface area (Å²) >= 11 is 0. The van der Waals surface area contributed by atoms with Gasteiger partial charge in [-0.3, -0.25) is 0 Å². The van der Waals surface area contributed by atoms with E-state index in [1.807, 2.05) is 0 Å². The number of fused-ring (bicyclic) bond motifs is 1. The summed E-state index contributed by atoms with van der Waals surface area (Å²) in [6.45, 7) is 0. The minimum absolute atomic E-state index is 1.15. The summed E-state index contributed by atoms with van der Waals surface area (Å²) in [5, 5.41) is 1.62. The zero-order chi connectivity index (χ0) is 11.0. The number of allylic oxidation sites excluding steroid dienone is 1. The normalized spacial score (nSPS) is 14.2. The van der Waals surface area contributed by atoms with Gasteiger partial charge in [-0.1, -0.05) is 59.8 Å². The first-order valence-electron chi connectivity index (χ1n) is 5.70. The smallest absolute Gasteiger partial charge is 0.0345 e. The summed E-state index contributed by atoms with van der Waals surface area (Å²) in [4.78, 5) is 0. The van der Waals surface area contributed by atoms with Crippen LogP contribution in [0.2, 0.25) is 0 Å². The molecule has 0 heterocycles. The Hall–Kier alpha value is -1.60. The van der Waals surface area contributed by atoms with Crippen molar-refractivity contribution in [3.63, 3.8) is 0 Å². The molecule has 0 atom stereocenters. The Labute approximate surface area is 99.1 Å². The molecule has 16 heavy (non-hydrogen) atoms. The van der Waals surface area contributed by atoms with Gasteiger partial charge in [0.2, 0.25) is 0 Å². The minimum atomic E-state index is 1.15. The highest BCUT2D eigenvalue weighted by molar-refractivity contribution is 6.27. The van der Waals surface area contributed by atoms with Gasteiger partial charge in [-0.05, 0) is 28.7 Å². The Morgan fingerprint density at radius 2 is 1.50 bits per heavy atom. The molecule has 0 bridgehead atoms. The first-order valence-corrected chi connectivity index (χ1v) is 6.70. The van der Waals surface area contributed by atoms with Crippen LogP contribution in [-0.4, -0.2) is 10.2 Å². The van der Waals surface area contributed by atoms with Crippen LogP contribution in [0.15, 0.2) is 59.8 Å². The third-order valence-corrected chi connectivity index (χ3v) is 4.09. The van der Waals surface area contributed by atoms with E-state index in [1.54, 1.807) is 5.20 Å². The number of hydrogen-bond donors (Lipinski definition) is 0. The second-order valence-corrected chi connectivity index (χ2v) is 5.56. The largest absolute Gasteiger partial charge is 0.0792 e. The van der Waals surface area contributed by atoms with Crippen molar-refractivity contribution in [2.24, 2.45) is 0 Å². The van der Waals surface area contributed by atoms with Crippen LogP contribution in [0.1, 0.15) is 16.7 Å². The Bertz CT molecular complexity index is 553. The lowest BCUT2D eigenvalue weighted by Gasteiger charge is -2.06. The molecule has 2 aromatic rings. The highest BCUT2D eigenvalue weighted by atomic mass is 28.1. The lowest BCUT2D eigenvalue weighted by molar-refractivity contribution is 1.29. The average molecular weight is 222 g/mol. The first kappa shape index (κ1) is 9.61. The summed E-state index contributed by atoms with van der Waals surface area (Å²) < 4.78 is 0. The van der Waals surface area contributed by atoms with E-state index in [1.165, 1.54) is 22.3 Å². The summed E-state index contributed by atoms with van der Waals surface area (Å²) in [6.07, 6.45) is 1.16. The molecule has 1 heteroatoms. The van der Waals surface area contributed by atoms with E-state index in [4.69, 9.17) is 0 Å². The van der Waals surface area contributed by atoms with Crippen LogP contribution in [0.3, 0.4) is 0 Å². The van der Waals surface area contributed by atoms with Crippen LogP contribution < -0.4 is 0 Å². The van der Waals surface area contributed by atoms with Crippen LogP contribution in [-0.2, 0) is 6.42 Å². The molecule has 0 radical (unpaired) electrons. The van der Waals surface area contributed by atoms with Gasteiger partial charge in [0, 0.05) is 10.2 Å². The third-order valence-electron chi connectivity index (χ3n) is 3.23. The number of benzene rings is 2. The molecule has 78 valence electrons. The van der Waals surface area contributed by atoms with Crippen molar-refractivity contribution >= 4 is 15.8 Å². The molecular formula is C15H14Si. The van der Waals surface area contributed by atoms with E-state index in [2.05, 4.69) is 54.6 Å². The molecule has 2 aromatic carbocycles. The van der Waals surface area contributed by atoms with Crippen LogP contribution >= 0.6 is 0 Å². The highest BCUT2D eigenvalue weighted by Gasteiger charge is 2.18. The molecule has 3 rings (SSSR count). The van der Waals surface area contributed by atoms with Gasteiger partial charge in [-0.2, -0.15) is 0 Å². The summed E-state index contributed by atoms with van der Waals surface area (Å²) in [5.74, 6) is 0. The molecule has 1 aliphatic carbocycles. The Kier molecular flexibility index (Phi) is 2.26. The quantitative estimate of drug-likeness (QED) is 0.650. The molecule has 0 nitrogen and oxygen atoms in total. The maximum Gasteiger partial charge on any atom is 0.0345 e. The minimum Gasteiger partial charge on any atom is -0.0792 e. The van der Waals surface area contributed by atoms with Crippen LogP contribution in [0.5, 0.6) is 0 Å². The van der Waals surface area contributed by atoms with E-state index in [9.17, 15) is 0 Å². The molecule has 0 spiro atoms. The van der Waals surface area contributed by atoms with Gasteiger partial charge >= 0.3 is 0 Å². The lowest BCUT2D eigenvalue weighted by atomic mass is 9.99. The van der Waals surface area contributed by atoms with Crippen molar-refractivity contribution in [2.45, 2.75) is 6.42 Å². The van der Waals surface area contributed by atoms with Crippen molar-refractivity contribution in [2.75, 3.05) is 0 Å². The monoisotopic (exact) mass is 222 g/mol. The van der Waals surface area contributed by atoms with Crippen LogP contribution in [0.25, 0.3) is 5.57 Å². The van der Waals surface area contributed by atoms with E-state index >= 15 is 0 Å². The van der Waals surface area contributed by atoms with Gasteiger partial charge in [0.1, 0.15) is 0 Å². The van der Waals surface area contributed by atoms with E-state index in [0.717, 1.165) is 16.7 Å². The SMILES string of the molecule is [SiH3]C1=C(c2ccccc2)c2ccccc2C1. The van der Waals surface area contributed by atoms with E-state index in [0.29, 0.717) is 0 Å². The molecular weight excluding hydrogens is 208 g/mol. The molecule has 0 amide bonds. The Balaban J connectivity index is 2.19.